The van der Waals surface area contributed by atoms with E-state index in [0.717, 1.165) is 26.2 Å². The average Bonchev–Trinajstić information content (AvgIpc) is 2.47. The summed E-state index contributed by atoms with van der Waals surface area (Å²) in [6.07, 6.45) is 0. The van der Waals surface area contributed by atoms with Gasteiger partial charge < -0.3 is 10.2 Å². The number of para-hydroxylation sites is 2. The van der Waals surface area contributed by atoms with Gasteiger partial charge >= 0.3 is 0 Å². The molecule has 1 aliphatic heterocycles. The van der Waals surface area contributed by atoms with Crippen molar-refractivity contribution >= 4 is 17.3 Å². The minimum Gasteiger partial charge on any atom is -0.319 e. The van der Waals surface area contributed by atoms with Crippen molar-refractivity contribution in [3.8, 4) is 0 Å². The number of piperazine rings is 1. The highest BCUT2D eigenvalue weighted by atomic mass is 16.6. The van der Waals surface area contributed by atoms with Gasteiger partial charge in [-0.2, -0.15) is 0 Å². The molecule has 1 fully saturated rings. The molecule has 0 spiro atoms. The number of nitrogens with one attached hydrogen (secondary N) is 1. The number of likely N-dealkylation sites (N-methyl/N-ethyl adjacent to an activating group) is 1. The minimum atomic E-state index is -0.490. The van der Waals surface area contributed by atoms with Crippen molar-refractivity contribution in [1.29, 1.82) is 0 Å². The maximum absolute atomic E-state index is 12.3. The van der Waals surface area contributed by atoms with Gasteiger partial charge in [-0.25, -0.2) is 0 Å². The van der Waals surface area contributed by atoms with Crippen molar-refractivity contribution in [2.45, 2.75) is 13.0 Å². The van der Waals surface area contributed by atoms with E-state index >= 15 is 0 Å². The van der Waals surface area contributed by atoms with Crippen molar-refractivity contribution < 1.29 is 9.72 Å². The molecule has 0 aromatic heterocycles. The van der Waals surface area contributed by atoms with Crippen molar-refractivity contribution in [3.05, 3.63) is 34.4 Å². The molecule has 1 amide bonds. The molecule has 1 atom stereocenters. The Morgan fingerprint density at radius 3 is 2.52 bits per heavy atom. The molecule has 0 aliphatic carbocycles. The lowest BCUT2D eigenvalue weighted by atomic mass is 10.2. The van der Waals surface area contributed by atoms with E-state index in [0.29, 0.717) is 0 Å². The summed E-state index contributed by atoms with van der Waals surface area (Å²) in [5, 5.41) is 13.6. The Bertz CT molecular complexity index is 527. The number of nitrogens with zero attached hydrogens (tertiary/aromatic N) is 3. The summed E-state index contributed by atoms with van der Waals surface area (Å²) in [6, 6.07) is 5.88. The molecule has 114 valence electrons. The molecule has 1 aromatic carbocycles. The van der Waals surface area contributed by atoms with Gasteiger partial charge in [0.05, 0.1) is 11.0 Å². The first-order valence-electron chi connectivity index (χ1n) is 6.96. The molecule has 1 aliphatic rings. The summed E-state index contributed by atoms with van der Waals surface area (Å²) >= 11 is 0. The van der Waals surface area contributed by atoms with Crippen molar-refractivity contribution in [2.24, 2.45) is 0 Å². The number of rotatable bonds is 4. The lowest BCUT2D eigenvalue weighted by molar-refractivity contribution is -0.383. The summed E-state index contributed by atoms with van der Waals surface area (Å²) in [7, 11) is 2.05. The molecular formula is C14H20N4O3. The summed E-state index contributed by atoms with van der Waals surface area (Å²) in [6.45, 7) is 5.31. The van der Waals surface area contributed by atoms with Gasteiger partial charge in [0.2, 0.25) is 5.91 Å². The van der Waals surface area contributed by atoms with Gasteiger partial charge in [-0.1, -0.05) is 12.1 Å². The van der Waals surface area contributed by atoms with Gasteiger partial charge in [-0.15, -0.1) is 0 Å². The van der Waals surface area contributed by atoms with Gasteiger partial charge in [0.15, 0.2) is 0 Å². The lowest BCUT2D eigenvalue weighted by Gasteiger charge is -2.35. The van der Waals surface area contributed by atoms with Crippen molar-refractivity contribution in [2.75, 3.05) is 38.5 Å². The fourth-order valence-corrected chi connectivity index (χ4v) is 2.35. The van der Waals surface area contributed by atoms with E-state index in [-0.39, 0.29) is 23.3 Å². The number of anilines is 1. The molecule has 0 unspecified atom stereocenters. The topological polar surface area (TPSA) is 78.7 Å². The number of hydrogen-bond donors (Lipinski definition) is 1. The van der Waals surface area contributed by atoms with E-state index in [4.69, 9.17) is 0 Å². The second-order valence-electron chi connectivity index (χ2n) is 5.28. The Balaban J connectivity index is 2.03. The van der Waals surface area contributed by atoms with Crippen LogP contribution in [0.25, 0.3) is 0 Å². The number of carbonyl (C=O) groups excluding carboxylic acids is 1. The van der Waals surface area contributed by atoms with E-state index in [1.807, 2.05) is 6.92 Å². The monoisotopic (exact) mass is 292 g/mol. The van der Waals surface area contributed by atoms with Crippen molar-refractivity contribution in [3.63, 3.8) is 0 Å². The zero-order valence-electron chi connectivity index (χ0n) is 12.3. The second-order valence-corrected chi connectivity index (χ2v) is 5.28. The smallest absolute Gasteiger partial charge is 0.292 e. The van der Waals surface area contributed by atoms with Crippen LogP contribution in [0.2, 0.25) is 0 Å². The van der Waals surface area contributed by atoms with Crippen molar-refractivity contribution in [1.82, 2.24) is 9.80 Å². The van der Waals surface area contributed by atoms with E-state index < -0.39 is 4.92 Å². The molecule has 7 heteroatoms. The first-order valence-corrected chi connectivity index (χ1v) is 6.96. The Morgan fingerprint density at radius 1 is 1.29 bits per heavy atom. The molecule has 1 saturated heterocycles. The van der Waals surface area contributed by atoms with E-state index in [1.165, 1.54) is 6.07 Å². The quantitative estimate of drug-likeness (QED) is 0.665. The molecule has 1 heterocycles. The first kappa shape index (κ1) is 15.4. The van der Waals surface area contributed by atoms with Gasteiger partial charge in [-0.3, -0.25) is 19.8 Å². The van der Waals surface area contributed by atoms with E-state index in [1.54, 1.807) is 18.2 Å². The average molecular weight is 292 g/mol. The molecule has 7 nitrogen and oxygen atoms in total. The van der Waals surface area contributed by atoms with Gasteiger partial charge in [-0.05, 0) is 20.0 Å². The molecule has 2 rings (SSSR count). The van der Waals surface area contributed by atoms with E-state index in [9.17, 15) is 14.9 Å². The predicted molar refractivity (Wildman–Crippen MR) is 80.3 cm³/mol. The van der Waals surface area contributed by atoms with Crippen LogP contribution in [0.3, 0.4) is 0 Å². The normalized spacial score (nSPS) is 18.2. The van der Waals surface area contributed by atoms with Gasteiger partial charge in [0, 0.05) is 32.2 Å². The van der Waals surface area contributed by atoms with Crippen LogP contribution in [0.4, 0.5) is 11.4 Å². The van der Waals surface area contributed by atoms with Crippen LogP contribution in [-0.4, -0.2) is 59.9 Å². The number of nitro groups is 1. The molecule has 0 bridgehead atoms. The van der Waals surface area contributed by atoms with Crippen LogP contribution >= 0.6 is 0 Å². The second kappa shape index (κ2) is 6.64. The lowest BCUT2D eigenvalue weighted by Crippen LogP contribution is -2.51. The number of carbonyl (C=O) groups is 1. The van der Waals surface area contributed by atoms with Crippen LogP contribution in [0.5, 0.6) is 0 Å². The fourth-order valence-electron chi connectivity index (χ4n) is 2.35. The third-order valence-corrected chi connectivity index (χ3v) is 3.82. The third kappa shape index (κ3) is 3.77. The zero-order valence-corrected chi connectivity index (χ0v) is 12.3. The van der Waals surface area contributed by atoms with Gasteiger partial charge in [0.25, 0.3) is 5.69 Å². The maximum Gasteiger partial charge on any atom is 0.292 e. The number of benzene rings is 1. The maximum atomic E-state index is 12.3. The molecular weight excluding hydrogens is 272 g/mol. The standard InChI is InChI=1S/C14H20N4O3/c1-11(17-9-7-16(2)8-10-17)14(19)15-12-5-3-4-6-13(12)18(20)21/h3-6,11H,7-10H2,1-2H3,(H,15,19)/t11-/m0/s1. The Morgan fingerprint density at radius 2 is 1.90 bits per heavy atom. The summed E-state index contributed by atoms with van der Waals surface area (Å²) in [5.74, 6) is -0.214. The Labute approximate surface area is 123 Å². The highest BCUT2D eigenvalue weighted by Crippen LogP contribution is 2.23. The summed E-state index contributed by atoms with van der Waals surface area (Å²) in [4.78, 5) is 27.0. The Hall–Kier alpha value is -1.99. The number of hydrogen-bond acceptors (Lipinski definition) is 5. The van der Waals surface area contributed by atoms with Crippen LogP contribution in [0, 0.1) is 10.1 Å². The number of amides is 1. The third-order valence-electron chi connectivity index (χ3n) is 3.82. The first-order chi connectivity index (χ1) is 9.99. The SMILES string of the molecule is C[C@@H](C(=O)Nc1ccccc1[N+](=O)[O-])N1CCN(C)CC1. The van der Waals surface area contributed by atoms with Crippen LogP contribution in [-0.2, 0) is 4.79 Å². The number of nitro benzene ring substituents is 1. The summed E-state index contributed by atoms with van der Waals surface area (Å²) in [5.41, 5.74) is 0.157. The Kier molecular flexibility index (Phi) is 4.87. The molecule has 0 radical (unpaired) electrons. The molecule has 0 saturated carbocycles. The molecule has 21 heavy (non-hydrogen) atoms. The summed E-state index contributed by atoms with van der Waals surface area (Å²) < 4.78 is 0. The van der Waals surface area contributed by atoms with Crippen LogP contribution in [0.15, 0.2) is 24.3 Å². The highest BCUT2D eigenvalue weighted by molar-refractivity contribution is 5.96. The zero-order chi connectivity index (χ0) is 15.4. The predicted octanol–water partition coefficient (Wildman–Crippen LogP) is 1.17. The molecule has 1 N–H and O–H groups in total. The van der Waals surface area contributed by atoms with Crippen LogP contribution < -0.4 is 5.32 Å². The minimum absolute atomic E-state index is 0.0866. The van der Waals surface area contributed by atoms with E-state index in [2.05, 4.69) is 22.2 Å². The largest absolute Gasteiger partial charge is 0.319 e. The van der Waals surface area contributed by atoms with Gasteiger partial charge in [0.1, 0.15) is 5.69 Å². The fraction of sp³-hybridized carbons (Fsp3) is 0.500. The van der Waals surface area contributed by atoms with Crippen LogP contribution in [0.1, 0.15) is 6.92 Å². The molecule has 1 aromatic rings. The highest BCUT2D eigenvalue weighted by Gasteiger charge is 2.25.